The van der Waals surface area contributed by atoms with E-state index in [1.54, 1.807) is 31.4 Å². The summed E-state index contributed by atoms with van der Waals surface area (Å²) in [5, 5.41) is 0.454. The molecule has 2 heterocycles. The van der Waals surface area contributed by atoms with Crippen molar-refractivity contribution in [1.82, 2.24) is 4.98 Å². The second-order valence-electron chi connectivity index (χ2n) is 6.72. The molecule has 0 radical (unpaired) electrons. The molecule has 1 saturated carbocycles. The van der Waals surface area contributed by atoms with Gasteiger partial charge in [-0.05, 0) is 36.2 Å². The maximum Gasteiger partial charge on any atom is 0.220 e. The van der Waals surface area contributed by atoms with E-state index < -0.39 is 11.5 Å². The van der Waals surface area contributed by atoms with Gasteiger partial charge in [0.05, 0.1) is 11.6 Å². The van der Waals surface area contributed by atoms with Gasteiger partial charge >= 0.3 is 0 Å². The molecule has 0 saturated heterocycles. The van der Waals surface area contributed by atoms with Crippen molar-refractivity contribution in [2.75, 3.05) is 12.9 Å². The third-order valence-electron chi connectivity index (χ3n) is 5.34. The van der Waals surface area contributed by atoms with Crippen LogP contribution in [0.3, 0.4) is 0 Å². The maximum atomic E-state index is 14.9. The summed E-state index contributed by atoms with van der Waals surface area (Å²) in [5.74, 6) is -0.0564. The number of rotatable bonds is 3. The Morgan fingerprint density at radius 1 is 1.31 bits per heavy atom. The predicted molar refractivity (Wildman–Crippen MR) is 98.9 cm³/mol. The number of aliphatic imine (C=N–C) groups is 1. The molecule has 0 amide bonds. The molecule has 1 aliphatic carbocycles. The summed E-state index contributed by atoms with van der Waals surface area (Å²) in [6, 6.07) is 7.92. The van der Waals surface area contributed by atoms with Gasteiger partial charge in [-0.25, -0.2) is 9.37 Å². The molecule has 4 rings (SSSR count). The van der Waals surface area contributed by atoms with Crippen molar-refractivity contribution < 1.29 is 13.5 Å². The van der Waals surface area contributed by atoms with E-state index in [4.69, 9.17) is 15.5 Å². The van der Waals surface area contributed by atoms with E-state index in [1.807, 2.05) is 0 Å². The zero-order valence-corrected chi connectivity index (χ0v) is 15.1. The minimum Gasteiger partial charge on any atom is -0.381 e. The molecule has 2 aromatic rings. The summed E-state index contributed by atoms with van der Waals surface area (Å²) in [7, 11) is 1.66. The summed E-state index contributed by atoms with van der Waals surface area (Å²) in [6.45, 7) is 0. The average Bonchev–Trinajstić information content (AvgIpc) is 3.01. The Bertz CT molecular complexity index is 876. The van der Waals surface area contributed by atoms with Gasteiger partial charge in [-0.1, -0.05) is 17.8 Å². The summed E-state index contributed by atoms with van der Waals surface area (Å²) >= 11 is 1.49. The number of hydrogen-bond acceptors (Lipinski definition) is 5. The molecule has 0 spiro atoms. The van der Waals surface area contributed by atoms with Gasteiger partial charge in [-0.2, -0.15) is 4.39 Å². The predicted octanol–water partition coefficient (Wildman–Crippen LogP) is 3.71. The first-order chi connectivity index (χ1) is 12.5. The van der Waals surface area contributed by atoms with Crippen molar-refractivity contribution in [2.45, 2.75) is 24.5 Å². The number of thioether (sulfide) groups is 1. The average molecular weight is 375 g/mol. The number of methoxy groups -OCH3 is 1. The topological polar surface area (TPSA) is 60.5 Å². The van der Waals surface area contributed by atoms with Gasteiger partial charge in [0.2, 0.25) is 5.95 Å². The number of benzene rings is 1. The first kappa shape index (κ1) is 17.4. The molecule has 3 atom stereocenters. The van der Waals surface area contributed by atoms with Crippen LogP contribution in [0.25, 0.3) is 11.1 Å². The van der Waals surface area contributed by atoms with Gasteiger partial charge in [0.25, 0.3) is 0 Å². The highest BCUT2D eigenvalue weighted by molar-refractivity contribution is 8.13. The summed E-state index contributed by atoms with van der Waals surface area (Å²) in [4.78, 5) is 8.38. The lowest BCUT2D eigenvalue weighted by Gasteiger charge is -2.36. The van der Waals surface area contributed by atoms with Gasteiger partial charge in [0, 0.05) is 42.5 Å². The van der Waals surface area contributed by atoms with Crippen LogP contribution in [0.5, 0.6) is 0 Å². The minimum absolute atomic E-state index is 0.00608. The van der Waals surface area contributed by atoms with Crippen LogP contribution in [0.15, 0.2) is 41.5 Å². The summed E-state index contributed by atoms with van der Waals surface area (Å²) in [6.07, 6.45) is 2.74. The lowest BCUT2D eigenvalue weighted by molar-refractivity contribution is 0.102. The zero-order chi connectivity index (χ0) is 18.3. The van der Waals surface area contributed by atoms with Gasteiger partial charge < -0.3 is 10.5 Å². The van der Waals surface area contributed by atoms with Crippen molar-refractivity contribution in [3.63, 3.8) is 0 Å². The Labute approximate surface area is 154 Å². The summed E-state index contributed by atoms with van der Waals surface area (Å²) < 4.78 is 34.6. The van der Waals surface area contributed by atoms with Crippen LogP contribution in [0.4, 0.5) is 8.78 Å². The van der Waals surface area contributed by atoms with Crippen LogP contribution in [-0.2, 0) is 10.3 Å². The number of nitrogens with two attached hydrogens (primary N) is 1. The molecule has 0 bridgehead atoms. The summed E-state index contributed by atoms with van der Waals surface area (Å²) in [5.41, 5.74) is 6.60. The molecule has 2 aliphatic rings. The largest absolute Gasteiger partial charge is 0.381 e. The first-order valence-corrected chi connectivity index (χ1v) is 9.44. The van der Waals surface area contributed by atoms with E-state index in [2.05, 4.69) is 4.98 Å². The Hall–Kier alpha value is -1.99. The van der Waals surface area contributed by atoms with E-state index in [1.165, 1.54) is 24.0 Å². The van der Waals surface area contributed by atoms with Crippen molar-refractivity contribution in [1.29, 1.82) is 0 Å². The van der Waals surface area contributed by atoms with Gasteiger partial charge in [0.15, 0.2) is 5.17 Å². The molecular weight excluding hydrogens is 356 g/mol. The zero-order valence-electron chi connectivity index (χ0n) is 14.3. The highest BCUT2D eigenvalue weighted by Crippen LogP contribution is 2.52. The fourth-order valence-electron chi connectivity index (χ4n) is 4.06. The van der Waals surface area contributed by atoms with Crippen LogP contribution < -0.4 is 5.73 Å². The number of fused-ring (bicyclic) bond motifs is 1. The van der Waals surface area contributed by atoms with Gasteiger partial charge in [0.1, 0.15) is 5.82 Å². The third kappa shape index (κ3) is 2.79. The van der Waals surface area contributed by atoms with Crippen molar-refractivity contribution in [2.24, 2.45) is 16.6 Å². The van der Waals surface area contributed by atoms with Gasteiger partial charge in [-0.15, -0.1) is 0 Å². The Kier molecular flexibility index (Phi) is 4.44. The molecule has 1 aromatic carbocycles. The Morgan fingerprint density at radius 2 is 2.15 bits per heavy atom. The number of halogens is 2. The van der Waals surface area contributed by atoms with E-state index in [0.717, 1.165) is 12.2 Å². The number of hydrogen-bond donors (Lipinski definition) is 1. The molecule has 4 nitrogen and oxygen atoms in total. The number of amidine groups is 1. The lowest BCUT2D eigenvalue weighted by atomic mass is 9.80. The van der Waals surface area contributed by atoms with E-state index in [0.29, 0.717) is 28.3 Å². The molecule has 1 aromatic heterocycles. The van der Waals surface area contributed by atoms with Crippen LogP contribution in [0.2, 0.25) is 0 Å². The SMILES string of the molecule is CO[C@H]1C[C@H]2CSC(N)=N[C@@]2(c2cc(-c3cccnc3F)ccc2F)C1. The van der Waals surface area contributed by atoms with Crippen LogP contribution in [0.1, 0.15) is 18.4 Å². The molecule has 136 valence electrons. The maximum absolute atomic E-state index is 14.9. The fourth-order valence-corrected chi connectivity index (χ4v) is 5.07. The second-order valence-corrected chi connectivity index (χ2v) is 7.76. The van der Waals surface area contributed by atoms with Crippen LogP contribution >= 0.6 is 11.8 Å². The minimum atomic E-state index is -0.769. The molecule has 26 heavy (non-hydrogen) atoms. The number of pyridine rings is 1. The molecule has 0 unspecified atom stereocenters. The second kappa shape index (κ2) is 6.63. The number of nitrogens with zero attached hydrogens (tertiary/aromatic N) is 2. The first-order valence-electron chi connectivity index (χ1n) is 8.45. The number of ether oxygens (including phenoxy) is 1. The lowest BCUT2D eigenvalue weighted by Crippen LogP contribution is -2.37. The van der Waals surface area contributed by atoms with Gasteiger partial charge in [-0.3, -0.25) is 4.99 Å². The molecule has 1 fully saturated rings. The molecule has 1 aliphatic heterocycles. The number of aromatic nitrogens is 1. The normalized spacial score (nSPS) is 27.9. The van der Waals surface area contributed by atoms with Crippen LogP contribution in [0, 0.1) is 17.7 Å². The monoisotopic (exact) mass is 375 g/mol. The smallest absolute Gasteiger partial charge is 0.220 e. The quantitative estimate of drug-likeness (QED) is 0.831. The highest BCUT2D eigenvalue weighted by atomic mass is 32.2. The molecule has 7 heteroatoms. The fraction of sp³-hybridized carbons (Fsp3) is 0.368. The Balaban J connectivity index is 1.87. The molecular formula is C19H19F2N3OS. The standard InChI is InChI=1S/C19H19F2N3OS/c1-25-13-8-12-10-26-18(22)24-19(12,9-13)15-7-11(4-5-16(15)20)14-3-2-6-23-17(14)21/h2-7,12-13H,8-10H2,1H3,(H2,22,24)/t12-,13-,19-/m0/s1. The van der Waals surface area contributed by atoms with Crippen molar-refractivity contribution in [3.8, 4) is 11.1 Å². The third-order valence-corrected chi connectivity index (χ3v) is 6.30. The molecule has 2 N–H and O–H groups in total. The van der Waals surface area contributed by atoms with Crippen LogP contribution in [-0.4, -0.2) is 29.1 Å². The highest BCUT2D eigenvalue weighted by Gasteiger charge is 2.52. The Morgan fingerprint density at radius 3 is 2.92 bits per heavy atom. The van der Waals surface area contributed by atoms with E-state index in [9.17, 15) is 8.78 Å². The van der Waals surface area contributed by atoms with E-state index >= 15 is 0 Å². The van der Waals surface area contributed by atoms with Crippen molar-refractivity contribution >= 4 is 16.9 Å². The van der Waals surface area contributed by atoms with E-state index in [-0.39, 0.29) is 17.8 Å². The van der Waals surface area contributed by atoms with Crippen molar-refractivity contribution in [3.05, 3.63) is 53.9 Å².